The molecule has 170 valence electrons. The number of carbonyl (C=O) groups excluding carboxylic acids is 1. The molecule has 1 amide bonds. The lowest BCUT2D eigenvalue weighted by molar-refractivity contribution is -0.139. The van der Waals surface area contributed by atoms with Crippen molar-refractivity contribution in [2.45, 2.75) is 23.9 Å². The largest absolute Gasteiger partial charge is 0.493 e. The van der Waals surface area contributed by atoms with Gasteiger partial charge in [0.2, 0.25) is 5.91 Å². The van der Waals surface area contributed by atoms with Gasteiger partial charge in [-0.3, -0.25) is 9.52 Å². The molecule has 3 rings (SSSR count). The molecule has 0 saturated carbocycles. The molecule has 0 aliphatic rings. The number of anilines is 2. The number of hydrogen-bond acceptors (Lipinski definition) is 6. The van der Waals surface area contributed by atoms with E-state index in [1.165, 1.54) is 48.7 Å². The standard InChI is InChI=1S/C20H18F3N3O4S2/c21-20(22,23)16-4-1-2-5-17(16)30-12-3-6-18(27)25-14-7-9-15(10-8-14)32(28,29)26-19-24-11-13-31-19/h1-2,4-5,7-11,13H,3,6,12H2,(H,24,26)(H,25,27). The maximum absolute atomic E-state index is 12.9. The topological polar surface area (TPSA) is 97.4 Å². The van der Waals surface area contributed by atoms with E-state index in [-0.39, 0.29) is 41.1 Å². The molecule has 1 heterocycles. The van der Waals surface area contributed by atoms with Gasteiger partial charge in [0.15, 0.2) is 5.13 Å². The van der Waals surface area contributed by atoms with Crippen molar-refractivity contribution in [3.05, 3.63) is 65.7 Å². The second-order valence-corrected chi connectivity index (χ2v) is 9.04. The van der Waals surface area contributed by atoms with Crippen LogP contribution in [0.25, 0.3) is 0 Å². The van der Waals surface area contributed by atoms with E-state index >= 15 is 0 Å². The number of aromatic nitrogens is 1. The van der Waals surface area contributed by atoms with Crippen LogP contribution >= 0.6 is 11.3 Å². The van der Waals surface area contributed by atoms with E-state index in [1.54, 1.807) is 5.38 Å². The highest BCUT2D eigenvalue weighted by molar-refractivity contribution is 7.93. The molecule has 0 radical (unpaired) electrons. The molecule has 0 unspecified atom stereocenters. The summed E-state index contributed by atoms with van der Waals surface area (Å²) in [6.45, 7) is -0.0693. The van der Waals surface area contributed by atoms with E-state index in [0.717, 1.165) is 17.4 Å². The lowest BCUT2D eigenvalue weighted by Gasteiger charge is -2.13. The van der Waals surface area contributed by atoms with Gasteiger partial charge >= 0.3 is 6.18 Å². The molecule has 0 atom stereocenters. The predicted molar refractivity (Wildman–Crippen MR) is 114 cm³/mol. The second-order valence-electron chi connectivity index (χ2n) is 6.46. The van der Waals surface area contributed by atoms with Crippen molar-refractivity contribution in [2.75, 3.05) is 16.6 Å². The molecule has 1 aromatic heterocycles. The van der Waals surface area contributed by atoms with Crippen LogP contribution in [0.4, 0.5) is 24.0 Å². The number of benzene rings is 2. The first-order valence-corrected chi connectivity index (χ1v) is 11.6. The molecule has 0 spiro atoms. The van der Waals surface area contributed by atoms with Crippen molar-refractivity contribution < 1.29 is 31.1 Å². The number of thiazole rings is 1. The molecule has 0 fully saturated rings. The third kappa shape index (κ3) is 6.44. The minimum Gasteiger partial charge on any atom is -0.493 e. The summed E-state index contributed by atoms with van der Waals surface area (Å²) >= 11 is 1.14. The Labute approximate surface area is 186 Å². The number of nitrogens with one attached hydrogen (secondary N) is 2. The minimum absolute atomic E-state index is 0.00225. The smallest absolute Gasteiger partial charge is 0.419 e. The van der Waals surface area contributed by atoms with Crippen molar-refractivity contribution in [1.82, 2.24) is 4.98 Å². The number of para-hydroxylation sites is 1. The van der Waals surface area contributed by atoms with Gasteiger partial charge in [0.1, 0.15) is 5.75 Å². The van der Waals surface area contributed by atoms with Crippen molar-refractivity contribution in [2.24, 2.45) is 0 Å². The van der Waals surface area contributed by atoms with Gasteiger partial charge in [-0.25, -0.2) is 13.4 Å². The number of alkyl halides is 3. The van der Waals surface area contributed by atoms with Crippen LogP contribution in [0.15, 0.2) is 65.0 Å². The van der Waals surface area contributed by atoms with Gasteiger partial charge in [0, 0.05) is 23.7 Å². The van der Waals surface area contributed by atoms with Crippen LogP contribution in [0.3, 0.4) is 0 Å². The molecule has 0 saturated heterocycles. The third-order valence-corrected chi connectivity index (χ3v) is 6.27. The van der Waals surface area contributed by atoms with Crippen LogP contribution in [0.1, 0.15) is 18.4 Å². The Morgan fingerprint density at radius 2 is 1.81 bits per heavy atom. The zero-order valence-electron chi connectivity index (χ0n) is 16.4. The van der Waals surface area contributed by atoms with E-state index in [1.807, 2.05) is 0 Å². The number of ether oxygens (including phenoxy) is 1. The van der Waals surface area contributed by atoms with Crippen LogP contribution in [0.2, 0.25) is 0 Å². The average molecular weight is 486 g/mol. The molecule has 32 heavy (non-hydrogen) atoms. The van der Waals surface area contributed by atoms with E-state index in [0.29, 0.717) is 5.69 Å². The third-order valence-electron chi connectivity index (χ3n) is 4.10. The SMILES string of the molecule is O=C(CCCOc1ccccc1C(F)(F)F)Nc1ccc(S(=O)(=O)Nc2nccs2)cc1. The van der Waals surface area contributed by atoms with E-state index in [4.69, 9.17) is 4.74 Å². The van der Waals surface area contributed by atoms with E-state index in [9.17, 15) is 26.4 Å². The summed E-state index contributed by atoms with van der Waals surface area (Å²) in [5.74, 6) is -0.669. The Kier molecular flexibility index (Phi) is 7.36. The summed E-state index contributed by atoms with van der Waals surface area (Å²) in [7, 11) is -3.80. The summed E-state index contributed by atoms with van der Waals surface area (Å²) in [5.41, 5.74) is -0.490. The highest BCUT2D eigenvalue weighted by atomic mass is 32.2. The summed E-state index contributed by atoms with van der Waals surface area (Å²) in [5, 5.41) is 4.47. The Hall–Kier alpha value is -3.12. The van der Waals surface area contributed by atoms with Crippen LogP contribution in [-0.4, -0.2) is 25.9 Å². The average Bonchev–Trinajstić information content (AvgIpc) is 3.23. The van der Waals surface area contributed by atoms with Gasteiger partial charge in [-0.05, 0) is 42.8 Å². The molecule has 0 aliphatic carbocycles. The maximum Gasteiger partial charge on any atom is 0.419 e. The quantitative estimate of drug-likeness (QED) is 0.426. The highest BCUT2D eigenvalue weighted by Crippen LogP contribution is 2.35. The number of sulfonamides is 1. The van der Waals surface area contributed by atoms with Crippen molar-refractivity contribution in [3.63, 3.8) is 0 Å². The van der Waals surface area contributed by atoms with Crippen molar-refractivity contribution >= 4 is 38.1 Å². The Bertz CT molecular complexity index is 1150. The Balaban J connectivity index is 1.48. The molecule has 12 heteroatoms. The number of carbonyl (C=O) groups is 1. The summed E-state index contributed by atoms with van der Waals surface area (Å²) in [6.07, 6.45) is -2.84. The summed E-state index contributed by atoms with van der Waals surface area (Å²) in [4.78, 5) is 15.9. The first kappa shape index (κ1) is 23.5. The monoisotopic (exact) mass is 485 g/mol. The number of nitrogens with zero attached hydrogens (tertiary/aromatic N) is 1. The van der Waals surface area contributed by atoms with Gasteiger partial charge in [-0.15, -0.1) is 11.3 Å². The van der Waals surface area contributed by atoms with Crippen LogP contribution < -0.4 is 14.8 Å². The Morgan fingerprint density at radius 3 is 2.47 bits per heavy atom. The molecule has 0 bridgehead atoms. The molecular weight excluding hydrogens is 467 g/mol. The lowest BCUT2D eigenvalue weighted by atomic mass is 10.2. The van der Waals surface area contributed by atoms with Crippen LogP contribution in [-0.2, 0) is 21.0 Å². The molecule has 0 aliphatic heterocycles. The van der Waals surface area contributed by atoms with Crippen molar-refractivity contribution in [3.8, 4) is 5.75 Å². The Morgan fingerprint density at radius 1 is 1.09 bits per heavy atom. The van der Waals surface area contributed by atoms with E-state index < -0.39 is 21.8 Å². The number of hydrogen-bond donors (Lipinski definition) is 2. The first-order valence-electron chi connectivity index (χ1n) is 9.26. The van der Waals surface area contributed by atoms with Gasteiger partial charge in [0.25, 0.3) is 10.0 Å². The second kappa shape index (κ2) is 10.0. The normalized spacial score (nSPS) is 11.7. The number of amides is 1. The zero-order chi connectivity index (χ0) is 23.2. The van der Waals surface area contributed by atoms with Gasteiger partial charge in [0.05, 0.1) is 17.1 Å². The fraction of sp³-hybridized carbons (Fsp3) is 0.200. The molecular formula is C20H18F3N3O4S2. The molecule has 2 N–H and O–H groups in total. The fourth-order valence-electron chi connectivity index (χ4n) is 2.63. The fourth-order valence-corrected chi connectivity index (χ4v) is 4.42. The van der Waals surface area contributed by atoms with Gasteiger partial charge < -0.3 is 10.1 Å². The van der Waals surface area contributed by atoms with Gasteiger partial charge in [-0.1, -0.05) is 12.1 Å². The minimum atomic E-state index is -4.52. The van der Waals surface area contributed by atoms with Crippen LogP contribution in [0.5, 0.6) is 5.75 Å². The predicted octanol–water partition coefficient (Wildman–Crippen LogP) is 4.76. The maximum atomic E-state index is 12.9. The lowest BCUT2D eigenvalue weighted by Crippen LogP contribution is -2.15. The number of rotatable bonds is 9. The van der Waals surface area contributed by atoms with Crippen LogP contribution in [0, 0.1) is 0 Å². The summed E-state index contributed by atoms with van der Waals surface area (Å²) < 4.78 is 70.9. The molecule has 2 aromatic carbocycles. The number of halogens is 3. The molecule has 7 nitrogen and oxygen atoms in total. The van der Waals surface area contributed by atoms with E-state index in [2.05, 4.69) is 15.0 Å². The zero-order valence-corrected chi connectivity index (χ0v) is 18.1. The summed E-state index contributed by atoms with van der Waals surface area (Å²) in [6, 6.07) is 10.4. The molecule has 3 aromatic rings. The highest BCUT2D eigenvalue weighted by Gasteiger charge is 2.33. The first-order chi connectivity index (χ1) is 15.1. The van der Waals surface area contributed by atoms with Crippen molar-refractivity contribution in [1.29, 1.82) is 0 Å². The van der Waals surface area contributed by atoms with Gasteiger partial charge in [-0.2, -0.15) is 13.2 Å².